The summed E-state index contributed by atoms with van der Waals surface area (Å²) in [6.45, 7) is 9.74. The molecule has 1 fully saturated rings. The third-order valence-corrected chi connectivity index (χ3v) is 5.31. The Bertz CT molecular complexity index is 957. The van der Waals surface area contributed by atoms with Crippen molar-refractivity contribution in [2.24, 2.45) is 0 Å². The maximum Gasteiger partial charge on any atom is 0.251 e. The Balaban J connectivity index is 1.67. The van der Waals surface area contributed by atoms with Crippen LogP contribution >= 0.6 is 0 Å². The third-order valence-electron chi connectivity index (χ3n) is 5.31. The van der Waals surface area contributed by atoms with Crippen LogP contribution in [0.2, 0.25) is 0 Å². The number of anilines is 2. The summed E-state index contributed by atoms with van der Waals surface area (Å²) >= 11 is 0. The van der Waals surface area contributed by atoms with E-state index in [4.69, 9.17) is 14.2 Å². The lowest BCUT2D eigenvalue weighted by atomic mass is 10.1. The van der Waals surface area contributed by atoms with Gasteiger partial charge in [0.2, 0.25) is 5.91 Å². The highest BCUT2D eigenvalue weighted by atomic mass is 16.5. The second-order valence-electron chi connectivity index (χ2n) is 7.65. The maximum absolute atomic E-state index is 12.6. The highest BCUT2D eigenvalue weighted by molar-refractivity contribution is 5.97. The van der Waals surface area contributed by atoms with Crippen LogP contribution in [-0.4, -0.2) is 57.9 Å². The zero-order valence-electron chi connectivity index (χ0n) is 19.6. The van der Waals surface area contributed by atoms with Gasteiger partial charge in [-0.3, -0.25) is 9.59 Å². The Morgan fingerprint density at radius 2 is 1.73 bits per heavy atom. The van der Waals surface area contributed by atoms with Crippen LogP contribution < -0.4 is 25.0 Å². The van der Waals surface area contributed by atoms with Crippen molar-refractivity contribution < 1.29 is 23.8 Å². The van der Waals surface area contributed by atoms with E-state index >= 15 is 0 Å². The van der Waals surface area contributed by atoms with Gasteiger partial charge in [-0.2, -0.15) is 0 Å². The predicted octanol–water partition coefficient (Wildman–Crippen LogP) is 3.39. The highest BCUT2D eigenvalue weighted by Crippen LogP contribution is 2.39. The van der Waals surface area contributed by atoms with E-state index < -0.39 is 0 Å². The number of carbonyl (C=O) groups is 2. The fourth-order valence-electron chi connectivity index (χ4n) is 3.67. The normalized spacial score (nSPS) is 13.4. The van der Waals surface area contributed by atoms with E-state index in [9.17, 15) is 9.59 Å². The van der Waals surface area contributed by atoms with Crippen molar-refractivity contribution >= 4 is 23.2 Å². The van der Waals surface area contributed by atoms with E-state index in [2.05, 4.69) is 15.5 Å². The number of carbonyl (C=O) groups excluding carboxylic acids is 2. The number of ether oxygens (including phenoxy) is 3. The van der Waals surface area contributed by atoms with Crippen LogP contribution in [0.1, 0.15) is 36.2 Å². The Labute approximate surface area is 195 Å². The number of hydrogen-bond donors (Lipinski definition) is 2. The number of benzene rings is 2. The summed E-state index contributed by atoms with van der Waals surface area (Å²) in [7, 11) is 0. The monoisotopic (exact) mass is 455 g/mol. The van der Waals surface area contributed by atoms with Crippen LogP contribution in [0.5, 0.6) is 11.5 Å². The molecule has 2 aromatic rings. The molecule has 1 saturated heterocycles. The van der Waals surface area contributed by atoms with Crippen LogP contribution in [0.15, 0.2) is 36.4 Å². The molecule has 0 radical (unpaired) electrons. The van der Waals surface area contributed by atoms with Crippen molar-refractivity contribution in [2.75, 3.05) is 56.3 Å². The van der Waals surface area contributed by atoms with E-state index in [1.807, 2.05) is 51.1 Å². The fourth-order valence-corrected chi connectivity index (χ4v) is 3.67. The summed E-state index contributed by atoms with van der Waals surface area (Å²) in [5, 5.41) is 5.72. The number of morpholine rings is 1. The molecule has 2 N–H and O–H groups in total. The molecule has 8 nitrogen and oxygen atoms in total. The molecule has 8 heteroatoms. The molecule has 0 aromatic heterocycles. The third kappa shape index (κ3) is 6.61. The van der Waals surface area contributed by atoms with Crippen LogP contribution in [0, 0.1) is 6.92 Å². The molecule has 0 bridgehead atoms. The van der Waals surface area contributed by atoms with Gasteiger partial charge in [0, 0.05) is 43.8 Å². The second-order valence-corrected chi connectivity index (χ2v) is 7.65. The molecule has 1 heterocycles. The van der Waals surface area contributed by atoms with Gasteiger partial charge in [-0.25, -0.2) is 0 Å². The minimum atomic E-state index is -0.220. The molecular weight excluding hydrogens is 422 g/mol. The number of nitrogens with one attached hydrogen (secondary N) is 2. The van der Waals surface area contributed by atoms with E-state index in [1.54, 1.807) is 6.07 Å². The Hall–Kier alpha value is -3.26. The first-order valence-corrected chi connectivity index (χ1v) is 11.4. The maximum atomic E-state index is 12.6. The predicted molar refractivity (Wildman–Crippen MR) is 129 cm³/mol. The first-order chi connectivity index (χ1) is 16.0. The molecule has 2 aromatic carbocycles. The Morgan fingerprint density at radius 1 is 1.03 bits per heavy atom. The highest BCUT2D eigenvalue weighted by Gasteiger charge is 2.20. The number of rotatable bonds is 10. The molecule has 0 aliphatic carbocycles. The van der Waals surface area contributed by atoms with Gasteiger partial charge in [0.05, 0.1) is 37.8 Å². The first-order valence-electron chi connectivity index (χ1n) is 11.4. The first kappa shape index (κ1) is 24.4. The number of nitrogens with zero attached hydrogens (tertiary/aromatic N) is 1. The van der Waals surface area contributed by atoms with E-state index in [0.717, 1.165) is 24.3 Å². The fraction of sp³-hybridized carbons (Fsp3) is 0.440. The Kier molecular flexibility index (Phi) is 8.95. The minimum absolute atomic E-state index is 0.137. The molecule has 3 rings (SSSR count). The number of amides is 2. The quantitative estimate of drug-likeness (QED) is 0.571. The van der Waals surface area contributed by atoms with Gasteiger partial charge in [-0.1, -0.05) is 18.2 Å². The van der Waals surface area contributed by atoms with Gasteiger partial charge >= 0.3 is 0 Å². The van der Waals surface area contributed by atoms with Crippen molar-refractivity contribution in [3.63, 3.8) is 0 Å². The lowest BCUT2D eigenvalue weighted by Crippen LogP contribution is -2.36. The van der Waals surface area contributed by atoms with Crippen molar-refractivity contribution in [1.29, 1.82) is 0 Å². The zero-order valence-corrected chi connectivity index (χ0v) is 19.6. The van der Waals surface area contributed by atoms with E-state index in [0.29, 0.717) is 49.2 Å². The Morgan fingerprint density at radius 3 is 2.42 bits per heavy atom. The van der Waals surface area contributed by atoms with Crippen molar-refractivity contribution in [2.45, 2.75) is 27.2 Å². The van der Waals surface area contributed by atoms with Gasteiger partial charge in [0.1, 0.15) is 11.5 Å². The lowest BCUT2D eigenvalue weighted by molar-refractivity contribution is -0.116. The van der Waals surface area contributed by atoms with Gasteiger partial charge < -0.3 is 29.7 Å². The van der Waals surface area contributed by atoms with E-state index in [1.165, 1.54) is 0 Å². The SMILES string of the molecule is CCOc1cc(N2CCOCC2)c(OCC)cc1NC(=O)CCNC(=O)c1ccccc1C. The van der Waals surface area contributed by atoms with Crippen LogP contribution in [0.4, 0.5) is 11.4 Å². The summed E-state index contributed by atoms with van der Waals surface area (Å²) in [5.74, 6) is 0.859. The number of hydrogen-bond acceptors (Lipinski definition) is 6. The average Bonchev–Trinajstić information content (AvgIpc) is 2.81. The zero-order chi connectivity index (χ0) is 23.6. The standard InChI is InChI=1S/C25H33N3O5/c1-4-32-22-17-21(28-12-14-31-15-13-28)23(33-5-2)16-20(22)27-24(29)10-11-26-25(30)19-9-7-6-8-18(19)3/h6-9,16-17H,4-5,10-15H2,1-3H3,(H,26,30)(H,27,29). The smallest absolute Gasteiger partial charge is 0.251 e. The van der Waals surface area contributed by atoms with Crippen LogP contribution in [0.3, 0.4) is 0 Å². The molecule has 1 aliphatic heterocycles. The molecule has 33 heavy (non-hydrogen) atoms. The average molecular weight is 456 g/mol. The van der Waals surface area contributed by atoms with Gasteiger partial charge in [-0.05, 0) is 32.4 Å². The van der Waals surface area contributed by atoms with Gasteiger partial charge in [0.15, 0.2) is 0 Å². The molecule has 1 aliphatic rings. The molecule has 2 amide bonds. The summed E-state index contributed by atoms with van der Waals surface area (Å²) < 4.78 is 17.2. The summed E-state index contributed by atoms with van der Waals surface area (Å²) in [6, 6.07) is 11.1. The van der Waals surface area contributed by atoms with Crippen molar-refractivity contribution in [3.05, 3.63) is 47.5 Å². The summed E-state index contributed by atoms with van der Waals surface area (Å²) in [6.07, 6.45) is 0.137. The second kappa shape index (κ2) is 12.1. The van der Waals surface area contributed by atoms with Crippen molar-refractivity contribution in [1.82, 2.24) is 5.32 Å². The molecule has 0 unspecified atom stereocenters. The van der Waals surface area contributed by atoms with Crippen LogP contribution in [0.25, 0.3) is 0 Å². The van der Waals surface area contributed by atoms with Gasteiger partial charge in [0.25, 0.3) is 5.91 Å². The topological polar surface area (TPSA) is 89.1 Å². The number of aryl methyl sites for hydroxylation is 1. The van der Waals surface area contributed by atoms with Crippen molar-refractivity contribution in [3.8, 4) is 11.5 Å². The lowest BCUT2D eigenvalue weighted by Gasteiger charge is -2.31. The molecule has 0 atom stereocenters. The molecular formula is C25H33N3O5. The summed E-state index contributed by atoms with van der Waals surface area (Å²) in [4.78, 5) is 27.2. The summed E-state index contributed by atoms with van der Waals surface area (Å²) in [5.41, 5.74) is 2.97. The molecule has 178 valence electrons. The van der Waals surface area contributed by atoms with Gasteiger partial charge in [-0.15, -0.1) is 0 Å². The van der Waals surface area contributed by atoms with Crippen LogP contribution in [-0.2, 0) is 9.53 Å². The molecule has 0 saturated carbocycles. The minimum Gasteiger partial charge on any atom is -0.492 e. The van der Waals surface area contributed by atoms with E-state index in [-0.39, 0.29) is 24.8 Å². The molecule has 0 spiro atoms. The largest absolute Gasteiger partial charge is 0.492 e.